The second-order valence-corrected chi connectivity index (χ2v) is 9.61. The van der Waals surface area contributed by atoms with Crippen molar-refractivity contribution in [2.24, 2.45) is 0 Å². The molecule has 3 aromatic carbocycles. The number of anilines is 2. The lowest BCUT2D eigenvalue weighted by molar-refractivity contribution is -0.137. The van der Waals surface area contributed by atoms with Crippen molar-refractivity contribution in [3.8, 4) is 17.6 Å². The molecule has 3 rings (SSSR count). The summed E-state index contributed by atoms with van der Waals surface area (Å²) in [5.41, 5.74) is 0.362. The fourth-order valence-electron chi connectivity index (χ4n) is 3.26. The van der Waals surface area contributed by atoms with E-state index >= 15 is 0 Å². The van der Waals surface area contributed by atoms with Gasteiger partial charge in [-0.15, -0.1) is 0 Å². The molecule has 0 saturated heterocycles. The molecule has 3 aromatic rings. The zero-order valence-electron chi connectivity index (χ0n) is 20.5. The summed E-state index contributed by atoms with van der Waals surface area (Å²) < 4.78 is 50.4. The number of aryl methyl sites for hydroxylation is 1. The Morgan fingerprint density at radius 3 is 2.46 bits per heavy atom. The molecule has 0 bridgehead atoms. The molecule has 0 aliphatic carbocycles. The third kappa shape index (κ3) is 8.11. The highest BCUT2D eigenvalue weighted by atomic mass is 127. The van der Waals surface area contributed by atoms with Gasteiger partial charge in [0, 0.05) is 16.4 Å². The average molecular weight is 670 g/mol. The molecule has 0 aliphatic rings. The summed E-state index contributed by atoms with van der Waals surface area (Å²) >= 11 is 8.03. The molecule has 0 aliphatic heterocycles. The Hall–Kier alpha value is -3.76. The van der Waals surface area contributed by atoms with E-state index in [0.717, 1.165) is 23.8 Å². The number of carbonyl (C=O) groups excluding carboxylic acids is 2. The molecule has 0 saturated carbocycles. The van der Waals surface area contributed by atoms with Crippen LogP contribution < -0.4 is 20.1 Å². The van der Waals surface area contributed by atoms with Gasteiger partial charge in [0.15, 0.2) is 18.1 Å². The Morgan fingerprint density at radius 2 is 1.82 bits per heavy atom. The Kier molecular flexibility index (Phi) is 9.82. The molecule has 0 atom stereocenters. The fourth-order valence-corrected chi connectivity index (χ4v) is 4.22. The molecule has 202 valence electrons. The fraction of sp³-hybridized carbons (Fsp3) is 0.148. The van der Waals surface area contributed by atoms with Gasteiger partial charge in [-0.1, -0.05) is 23.7 Å². The number of methoxy groups -OCH3 is 1. The van der Waals surface area contributed by atoms with Crippen LogP contribution in [0.15, 0.2) is 60.2 Å². The highest BCUT2D eigenvalue weighted by Crippen LogP contribution is 2.35. The van der Waals surface area contributed by atoms with Gasteiger partial charge in [-0.25, -0.2) is 0 Å². The lowest BCUT2D eigenvalue weighted by Gasteiger charge is -2.14. The van der Waals surface area contributed by atoms with Gasteiger partial charge in [0.2, 0.25) is 0 Å². The largest absolute Gasteiger partial charge is 0.493 e. The molecule has 2 N–H and O–H groups in total. The topological polar surface area (TPSA) is 100 Å². The highest BCUT2D eigenvalue weighted by Gasteiger charge is 2.30. The quantitative estimate of drug-likeness (QED) is 0.155. The van der Waals surface area contributed by atoms with Gasteiger partial charge in [-0.05, 0) is 89.2 Å². The maximum Gasteiger partial charge on any atom is 0.416 e. The number of hydrogen-bond donors (Lipinski definition) is 2. The normalized spacial score (nSPS) is 11.4. The predicted molar refractivity (Wildman–Crippen MR) is 150 cm³/mol. The van der Waals surface area contributed by atoms with Crippen LogP contribution in [0.2, 0.25) is 5.02 Å². The van der Waals surface area contributed by atoms with E-state index in [1.807, 2.05) is 29.5 Å². The molecule has 0 fully saturated rings. The van der Waals surface area contributed by atoms with Crippen LogP contribution in [0.1, 0.15) is 16.7 Å². The van der Waals surface area contributed by atoms with Crippen LogP contribution in [0.3, 0.4) is 0 Å². The maximum absolute atomic E-state index is 13.0. The Bertz CT molecular complexity index is 1490. The van der Waals surface area contributed by atoms with E-state index < -0.39 is 23.6 Å². The van der Waals surface area contributed by atoms with Gasteiger partial charge in [0.1, 0.15) is 11.6 Å². The molecule has 0 unspecified atom stereocenters. The molecule has 2 amide bonds. The van der Waals surface area contributed by atoms with Crippen LogP contribution in [0.25, 0.3) is 6.08 Å². The first-order chi connectivity index (χ1) is 18.4. The number of nitrogens with zero attached hydrogens (tertiary/aromatic N) is 1. The molecule has 0 spiro atoms. The van der Waals surface area contributed by atoms with Crippen molar-refractivity contribution in [2.45, 2.75) is 13.1 Å². The van der Waals surface area contributed by atoms with Crippen molar-refractivity contribution in [1.82, 2.24) is 0 Å². The number of halogens is 5. The zero-order valence-corrected chi connectivity index (χ0v) is 23.4. The number of rotatable bonds is 8. The van der Waals surface area contributed by atoms with Crippen molar-refractivity contribution in [2.75, 3.05) is 24.4 Å². The minimum Gasteiger partial charge on any atom is -0.493 e. The first-order valence-electron chi connectivity index (χ1n) is 11.1. The van der Waals surface area contributed by atoms with Crippen molar-refractivity contribution >= 4 is 63.5 Å². The van der Waals surface area contributed by atoms with Gasteiger partial charge in [-0.3, -0.25) is 9.59 Å². The van der Waals surface area contributed by atoms with Crippen LogP contribution in [-0.2, 0) is 15.8 Å². The van der Waals surface area contributed by atoms with E-state index in [4.69, 9.17) is 21.1 Å². The Morgan fingerprint density at radius 1 is 1.10 bits per heavy atom. The third-order valence-corrected chi connectivity index (χ3v) is 6.39. The molecular weight excluding hydrogens is 650 g/mol. The molecule has 12 heteroatoms. The summed E-state index contributed by atoms with van der Waals surface area (Å²) in [6.45, 7) is 1.50. The van der Waals surface area contributed by atoms with Crippen LogP contribution in [0, 0.1) is 21.8 Å². The van der Waals surface area contributed by atoms with E-state index in [2.05, 4.69) is 10.6 Å². The summed E-state index contributed by atoms with van der Waals surface area (Å²) in [5, 5.41) is 15.0. The van der Waals surface area contributed by atoms with Crippen molar-refractivity contribution < 1.29 is 32.2 Å². The van der Waals surface area contributed by atoms with Crippen LogP contribution >= 0.6 is 34.2 Å². The Labute approximate surface area is 240 Å². The van der Waals surface area contributed by atoms with Crippen molar-refractivity contribution in [3.05, 3.63) is 85.5 Å². The average Bonchev–Trinajstić information content (AvgIpc) is 2.88. The number of nitriles is 1. The van der Waals surface area contributed by atoms with Crippen molar-refractivity contribution in [3.63, 3.8) is 0 Å². The lowest BCUT2D eigenvalue weighted by atomic mass is 10.1. The van der Waals surface area contributed by atoms with E-state index in [1.54, 1.807) is 30.3 Å². The summed E-state index contributed by atoms with van der Waals surface area (Å²) in [7, 11) is 1.38. The van der Waals surface area contributed by atoms with Gasteiger partial charge >= 0.3 is 6.18 Å². The summed E-state index contributed by atoms with van der Waals surface area (Å²) in [6, 6.07) is 14.0. The minimum atomic E-state index is -4.58. The van der Waals surface area contributed by atoms with Crippen LogP contribution in [0.5, 0.6) is 11.5 Å². The minimum absolute atomic E-state index is 0.113. The van der Waals surface area contributed by atoms with Gasteiger partial charge in [0.05, 0.1) is 16.2 Å². The first-order valence-corrected chi connectivity index (χ1v) is 12.5. The molecule has 39 heavy (non-hydrogen) atoms. The molecule has 0 radical (unpaired) electrons. The van der Waals surface area contributed by atoms with E-state index in [-0.39, 0.29) is 29.4 Å². The smallest absolute Gasteiger partial charge is 0.416 e. The number of benzene rings is 3. The van der Waals surface area contributed by atoms with E-state index in [0.29, 0.717) is 19.8 Å². The number of nitrogens with one attached hydrogen (secondary N) is 2. The van der Waals surface area contributed by atoms with Crippen LogP contribution in [0.4, 0.5) is 24.5 Å². The lowest BCUT2D eigenvalue weighted by Crippen LogP contribution is -2.20. The summed E-state index contributed by atoms with van der Waals surface area (Å²) in [5.74, 6) is -0.831. The number of carbonyl (C=O) groups is 2. The number of hydrogen-bond acceptors (Lipinski definition) is 5. The van der Waals surface area contributed by atoms with Gasteiger partial charge in [-0.2, -0.15) is 18.4 Å². The van der Waals surface area contributed by atoms with Crippen LogP contribution in [-0.4, -0.2) is 25.5 Å². The van der Waals surface area contributed by atoms with Crippen molar-refractivity contribution in [1.29, 1.82) is 5.26 Å². The Balaban J connectivity index is 1.74. The molecule has 0 heterocycles. The molecule has 7 nitrogen and oxygen atoms in total. The van der Waals surface area contributed by atoms with E-state index in [9.17, 15) is 28.0 Å². The highest BCUT2D eigenvalue weighted by molar-refractivity contribution is 14.1. The zero-order chi connectivity index (χ0) is 28.7. The maximum atomic E-state index is 13.0. The third-order valence-electron chi connectivity index (χ3n) is 5.18. The number of amides is 2. The first kappa shape index (κ1) is 29.8. The van der Waals surface area contributed by atoms with Gasteiger partial charge < -0.3 is 20.1 Å². The number of alkyl halides is 3. The summed E-state index contributed by atoms with van der Waals surface area (Å²) in [4.78, 5) is 25.0. The van der Waals surface area contributed by atoms with E-state index in [1.165, 1.54) is 25.3 Å². The SMILES string of the molecule is COc1cc(/C=C(\C#N)C(=O)Nc2cccc(C(F)(F)F)c2)cc(I)c1OCC(=O)Nc1ccc(C)c(Cl)c1. The monoisotopic (exact) mass is 669 g/mol. The second kappa shape index (κ2) is 12.9. The molecular formula is C27H20ClF3IN3O4. The predicted octanol–water partition coefficient (Wildman–Crippen LogP) is 6.84. The molecule has 0 aromatic heterocycles. The summed E-state index contributed by atoms with van der Waals surface area (Å²) in [6.07, 6.45) is -3.33. The second-order valence-electron chi connectivity index (χ2n) is 8.04. The standard InChI is InChI=1S/C27H20ClF3IN3O4/c1-15-6-7-20(12-21(15)28)34-24(36)14-39-25-22(32)9-16(10-23(25)38-2)8-17(13-33)26(37)35-19-5-3-4-18(11-19)27(29,30)31/h3-12H,14H2,1-2H3,(H,34,36)(H,35,37)/b17-8+. The van der Waals surface area contributed by atoms with Gasteiger partial charge in [0.25, 0.3) is 11.8 Å². The number of ether oxygens (including phenoxy) is 2.